The van der Waals surface area contributed by atoms with Crippen molar-refractivity contribution in [1.29, 1.82) is 0 Å². The third-order valence-electron chi connectivity index (χ3n) is 6.43. The third-order valence-corrected chi connectivity index (χ3v) is 6.43. The highest BCUT2D eigenvalue weighted by atomic mass is 16.5. The maximum atomic E-state index is 13.3. The van der Waals surface area contributed by atoms with Gasteiger partial charge in [-0.25, -0.2) is 4.79 Å². The highest BCUT2D eigenvalue weighted by Gasteiger charge is 2.47. The molecule has 0 radical (unpaired) electrons. The number of phenolic OH excluding ortho intramolecular Hbond substituents is 1. The van der Waals surface area contributed by atoms with Gasteiger partial charge in [0.05, 0.1) is 30.4 Å². The standard InChI is InChI=1S/C31H31NO7/c1-3-5-6-18-39-25-16-12-20(13-17-25)28(34)26-27(22-8-7-9-24(33)19-22)32(30(36)29(26)35)23-14-10-21(11-15-23)31(37)38-4-2/h7-17,19,27,33-34H,3-6,18H2,1-2H3/b28-26+. The Morgan fingerprint density at radius 3 is 2.26 bits per heavy atom. The van der Waals surface area contributed by atoms with Crippen LogP contribution in [-0.2, 0) is 14.3 Å². The van der Waals surface area contributed by atoms with Crippen LogP contribution in [0.1, 0.15) is 60.6 Å². The molecule has 8 nitrogen and oxygen atoms in total. The fraction of sp³-hybridized carbons (Fsp3) is 0.258. The summed E-state index contributed by atoms with van der Waals surface area (Å²) in [4.78, 5) is 40.0. The van der Waals surface area contributed by atoms with Gasteiger partial charge < -0.3 is 19.7 Å². The second-order valence-corrected chi connectivity index (χ2v) is 9.11. The molecule has 202 valence electrons. The zero-order chi connectivity index (χ0) is 27.9. The molecule has 1 unspecified atom stereocenters. The van der Waals surface area contributed by atoms with Crippen molar-refractivity contribution in [2.45, 2.75) is 39.2 Å². The summed E-state index contributed by atoms with van der Waals surface area (Å²) in [5, 5.41) is 21.5. The summed E-state index contributed by atoms with van der Waals surface area (Å²) >= 11 is 0. The normalized spacial score (nSPS) is 16.4. The van der Waals surface area contributed by atoms with Gasteiger partial charge in [-0.2, -0.15) is 0 Å². The van der Waals surface area contributed by atoms with E-state index in [9.17, 15) is 24.6 Å². The third kappa shape index (κ3) is 5.95. The van der Waals surface area contributed by atoms with E-state index in [0.29, 0.717) is 34.7 Å². The predicted octanol–water partition coefficient (Wildman–Crippen LogP) is 5.76. The van der Waals surface area contributed by atoms with Crippen molar-refractivity contribution >= 4 is 29.1 Å². The zero-order valence-electron chi connectivity index (χ0n) is 21.9. The van der Waals surface area contributed by atoms with Crippen LogP contribution < -0.4 is 9.64 Å². The summed E-state index contributed by atoms with van der Waals surface area (Å²) in [6, 6.07) is 17.9. The average molecular weight is 530 g/mol. The molecule has 1 aliphatic rings. The van der Waals surface area contributed by atoms with E-state index in [2.05, 4.69) is 6.92 Å². The molecule has 0 aromatic heterocycles. The highest BCUT2D eigenvalue weighted by Crippen LogP contribution is 2.43. The molecule has 0 aliphatic carbocycles. The molecule has 0 bridgehead atoms. The summed E-state index contributed by atoms with van der Waals surface area (Å²) < 4.78 is 10.8. The second kappa shape index (κ2) is 12.3. The van der Waals surface area contributed by atoms with Crippen LogP contribution in [0.5, 0.6) is 11.5 Å². The van der Waals surface area contributed by atoms with Gasteiger partial charge in [-0.15, -0.1) is 0 Å². The first-order valence-electron chi connectivity index (χ1n) is 13.0. The van der Waals surface area contributed by atoms with Crippen LogP contribution in [0, 0.1) is 0 Å². The van der Waals surface area contributed by atoms with Gasteiger partial charge in [0.15, 0.2) is 0 Å². The molecule has 39 heavy (non-hydrogen) atoms. The number of carbonyl (C=O) groups excluding carboxylic acids is 3. The Kier molecular flexibility index (Phi) is 8.66. The van der Waals surface area contributed by atoms with Crippen molar-refractivity contribution in [2.75, 3.05) is 18.1 Å². The van der Waals surface area contributed by atoms with E-state index in [1.165, 1.54) is 41.3 Å². The van der Waals surface area contributed by atoms with Crippen molar-refractivity contribution in [3.8, 4) is 11.5 Å². The lowest BCUT2D eigenvalue weighted by molar-refractivity contribution is -0.132. The minimum absolute atomic E-state index is 0.0553. The van der Waals surface area contributed by atoms with Gasteiger partial charge in [-0.1, -0.05) is 31.9 Å². The van der Waals surface area contributed by atoms with E-state index in [4.69, 9.17) is 9.47 Å². The summed E-state index contributed by atoms with van der Waals surface area (Å²) in [6.45, 7) is 4.62. The number of aromatic hydroxyl groups is 1. The van der Waals surface area contributed by atoms with E-state index in [1.807, 2.05) is 0 Å². The predicted molar refractivity (Wildman–Crippen MR) is 147 cm³/mol. The molecule has 1 amide bonds. The highest BCUT2D eigenvalue weighted by molar-refractivity contribution is 6.51. The number of esters is 1. The number of Topliss-reactive ketones (excluding diaryl/α,β-unsaturated/α-hetero) is 1. The lowest BCUT2D eigenvalue weighted by Crippen LogP contribution is -2.29. The summed E-state index contributed by atoms with van der Waals surface area (Å²) in [7, 11) is 0. The fourth-order valence-electron chi connectivity index (χ4n) is 4.49. The van der Waals surface area contributed by atoms with Crippen LogP contribution >= 0.6 is 0 Å². The van der Waals surface area contributed by atoms with Gasteiger partial charge in [0.2, 0.25) is 0 Å². The molecule has 1 saturated heterocycles. The van der Waals surface area contributed by atoms with Crippen molar-refractivity contribution in [2.24, 2.45) is 0 Å². The number of unbranched alkanes of at least 4 members (excludes halogenated alkanes) is 2. The molecule has 0 saturated carbocycles. The van der Waals surface area contributed by atoms with Crippen LogP contribution in [0.3, 0.4) is 0 Å². The molecule has 0 spiro atoms. The number of hydrogen-bond acceptors (Lipinski definition) is 7. The largest absolute Gasteiger partial charge is 0.508 e. The number of amides is 1. The molecule has 3 aromatic rings. The molecule has 4 rings (SSSR count). The van der Waals surface area contributed by atoms with Gasteiger partial charge in [-0.3, -0.25) is 14.5 Å². The quantitative estimate of drug-likeness (QED) is 0.113. The van der Waals surface area contributed by atoms with E-state index < -0.39 is 23.7 Å². The Bertz CT molecular complexity index is 1380. The molecule has 8 heteroatoms. The fourth-order valence-corrected chi connectivity index (χ4v) is 4.49. The SMILES string of the molecule is CCCCCOc1ccc(/C(O)=C2\C(=O)C(=O)N(c3ccc(C(=O)OCC)cc3)C2c2cccc(O)c2)cc1. The maximum absolute atomic E-state index is 13.3. The monoisotopic (exact) mass is 529 g/mol. The van der Waals surface area contributed by atoms with Gasteiger partial charge in [0.1, 0.15) is 17.3 Å². The summed E-state index contributed by atoms with van der Waals surface area (Å²) in [6.07, 6.45) is 3.09. The number of aliphatic hydroxyl groups is 1. The van der Waals surface area contributed by atoms with Crippen molar-refractivity contribution in [3.05, 3.63) is 95.1 Å². The first-order chi connectivity index (χ1) is 18.8. The van der Waals surface area contributed by atoms with E-state index in [-0.39, 0.29) is 23.7 Å². The number of nitrogens with zero attached hydrogens (tertiary/aromatic N) is 1. The van der Waals surface area contributed by atoms with Crippen LogP contribution in [0.25, 0.3) is 5.76 Å². The molecular formula is C31H31NO7. The Hall–Kier alpha value is -4.59. The molecule has 3 aromatic carbocycles. The Morgan fingerprint density at radius 1 is 0.923 bits per heavy atom. The van der Waals surface area contributed by atoms with Crippen molar-refractivity contribution in [1.82, 2.24) is 0 Å². The van der Waals surface area contributed by atoms with E-state index >= 15 is 0 Å². The number of phenols is 1. The number of benzene rings is 3. The van der Waals surface area contributed by atoms with Crippen LogP contribution in [-0.4, -0.2) is 41.1 Å². The molecule has 1 fully saturated rings. The minimum Gasteiger partial charge on any atom is -0.508 e. The first-order valence-corrected chi connectivity index (χ1v) is 13.0. The number of carbonyl (C=O) groups is 3. The molecule has 1 aliphatic heterocycles. The molecule has 2 N–H and O–H groups in total. The van der Waals surface area contributed by atoms with E-state index in [1.54, 1.807) is 43.3 Å². The summed E-state index contributed by atoms with van der Waals surface area (Å²) in [5.41, 5.74) is 1.30. The first kappa shape index (κ1) is 27.4. The van der Waals surface area contributed by atoms with Crippen LogP contribution in [0.2, 0.25) is 0 Å². The van der Waals surface area contributed by atoms with Crippen LogP contribution in [0.15, 0.2) is 78.4 Å². The zero-order valence-corrected chi connectivity index (χ0v) is 21.9. The van der Waals surface area contributed by atoms with Crippen molar-refractivity contribution < 1.29 is 34.1 Å². The number of aliphatic hydroxyl groups excluding tert-OH is 1. The average Bonchev–Trinajstić information content (AvgIpc) is 3.21. The number of ketones is 1. The number of hydrogen-bond donors (Lipinski definition) is 2. The Balaban J connectivity index is 1.74. The topological polar surface area (TPSA) is 113 Å². The summed E-state index contributed by atoms with van der Waals surface area (Å²) in [5.74, 6) is -1.98. The Labute approximate surface area is 227 Å². The maximum Gasteiger partial charge on any atom is 0.338 e. The lowest BCUT2D eigenvalue weighted by Gasteiger charge is -2.25. The molecule has 1 atom stereocenters. The van der Waals surface area contributed by atoms with Crippen molar-refractivity contribution in [3.63, 3.8) is 0 Å². The van der Waals surface area contributed by atoms with Gasteiger partial charge in [0.25, 0.3) is 11.7 Å². The second-order valence-electron chi connectivity index (χ2n) is 9.11. The number of rotatable bonds is 10. The van der Waals surface area contributed by atoms with Crippen LogP contribution in [0.4, 0.5) is 5.69 Å². The van der Waals surface area contributed by atoms with Gasteiger partial charge in [0, 0.05) is 11.3 Å². The van der Waals surface area contributed by atoms with E-state index in [0.717, 1.165) is 19.3 Å². The smallest absolute Gasteiger partial charge is 0.338 e. The van der Waals surface area contributed by atoms with Gasteiger partial charge in [-0.05, 0) is 79.6 Å². The number of ether oxygens (including phenoxy) is 2. The molecular weight excluding hydrogens is 498 g/mol. The molecule has 1 heterocycles. The number of anilines is 1. The Morgan fingerprint density at radius 2 is 1.62 bits per heavy atom. The van der Waals surface area contributed by atoms with Gasteiger partial charge >= 0.3 is 5.97 Å². The lowest BCUT2D eigenvalue weighted by atomic mass is 9.95. The minimum atomic E-state index is -1.02.